The lowest BCUT2D eigenvalue weighted by Crippen LogP contribution is -2.43. The van der Waals surface area contributed by atoms with Crippen molar-refractivity contribution in [1.82, 2.24) is 10.6 Å². The molecule has 2 rings (SSSR count). The lowest BCUT2D eigenvalue weighted by atomic mass is 9.74. The number of hydrogen-bond acceptors (Lipinski definition) is 3. The van der Waals surface area contributed by atoms with E-state index in [1.54, 1.807) is 0 Å². The molecule has 0 heterocycles. The first-order chi connectivity index (χ1) is 11.6. The van der Waals surface area contributed by atoms with Crippen molar-refractivity contribution < 1.29 is 18.0 Å². The normalized spacial score (nSPS) is 29.8. The van der Waals surface area contributed by atoms with Crippen LogP contribution in [0.1, 0.15) is 27.2 Å². The molecule has 0 radical (unpaired) electrons. The van der Waals surface area contributed by atoms with Crippen molar-refractivity contribution >= 4 is 5.91 Å². The fraction of sp³-hybridized carbons (Fsp3) is 0.611. The molecule has 1 fully saturated rings. The summed E-state index contributed by atoms with van der Waals surface area (Å²) in [5, 5.41) is 5.08. The van der Waals surface area contributed by atoms with Gasteiger partial charge in [0.1, 0.15) is 11.9 Å². The fourth-order valence-corrected chi connectivity index (χ4v) is 4.38. The molecule has 0 bridgehead atoms. The van der Waals surface area contributed by atoms with Gasteiger partial charge in [-0.15, -0.1) is 0 Å². The Hall–Kier alpha value is -1.76. The predicted octanol–water partition coefficient (Wildman–Crippen LogP) is 2.85. The van der Waals surface area contributed by atoms with Crippen molar-refractivity contribution in [1.29, 1.82) is 0 Å². The Balaban J connectivity index is 2.26. The van der Waals surface area contributed by atoms with Gasteiger partial charge in [-0.25, -0.2) is 13.2 Å². The summed E-state index contributed by atoms with van der Waals surface area (Å²) in [7, 11) is 1.34. The smallest absolute Gasteiger partial charge is 0.258 e. The molecule has 4 N–H and O–H groups in total. The highest BCUT2D eigenvalue weighted by Crippen LogP contribution is 2.56. The molecule has 0 aliphatic heterocycles. The second-order valence-corrected chi connectivity index (χ2v) is 7.52. The zero-order valence-electron chi connectivity index (χ0n) is 14.9. The minimum Gasteiger partial charge on any atom is -0.404 e. The highest BCUT2D eigenvalue weighted by Gasteiger charge is 2.51. The van der Waals surface area contributed by atoms with Crippen molar-refractivity contribution in [2.75, 3.05) is 7.05 Å². The molecule has 4 unspecified atom stereocenters. The largest absolute Gasteiger partial charge is 0.404 e. The molecule has 2 aliphatic carbocycles. The monoisotopic (exact) mass is 357 g/mol. The van der Waals surface area contributed by atoms with Crippen LogP contribution in [-0.2, 0) is 4.79 Å². The number of carbonyl (C=O) groups excluding carboxylic acids is 1. The molecule has 7 heteroatoms. The van der Waals surface area contributed by atoms with Crippen LogP contribution in [0.3, 0.4) is 0 Å². The van der Waals surface area contributed by atoms with E-state index >= 15 is 0 Å². The molecule has 2 aliphatic rings. The molecule has 4 nitrogen and oxygen atoms in total. The van der Waals surface area contributed by atoms with Gasteiger partial charge >= 0.3 is 0 Å². The van der Waals surface area contributed by atoms with E-state index in [0.717, 1.165) is 12.6 Å². The molecular weight excluding hydrogens is 331 g/mol. The van der Waals surface area contributed by atoms with Crippen LogP contribution in [0.25, 0.3) is 0 Å². The quantitative estimate of drug-likeness (QED) is 0.663. The van der Waals surface area contributed by atoms with Crippen molar-refractivity contribution in [3.63, 3.8) is 0 Å². The third kappa shape index (κ3) is 3.61. The SMILES string of the molecule is CNC(/C(=C\N)C(=O)NC1=CC=C(F)C2C1C(C)CC2(C)C)C(F)F. The Morgan fingerprint density at radius 2 is 2.04 bits per heavy atom. The first-order valence-corrected chi connectivity index (χ1v) is 8.39. The summed E-state index contributed by atoms with van der Waals surface area (Å²) in [5.74, 6) is -1.26. The zero-order valence-corrected chi connectivity index (χ0v) is 14.9. The molecule has 1 saturated carbocycles. The molecule has 0 aromatic heterocycles. The number of fused-ring (bicyclic) bond motifs is 1. The van der Waals surface area contributed by atoms with E-state index in [2.05, 4.69) is 10.6 Å². The third-order valence-electron chi connectivity index (χ3n) is 5.34. The Morgan fingerprint density at radius 1 is 1.40 bits per heavy atom. The van der Waals surface area contributed by atoms with E-state index in [9.17, 15) is 18.0 Å². The van der Waals surface area contributed by atoms with E-state index in [1.165, 1.54) is 19.2 Å². The summed E-state index contributed by atoms with van der Waals surface area (Å²) in [6.07, 6.45) is 1.80. The average molecular weight is 357 g/mol. The van der Waals surface area contributed by atoms with Gasteiger partial charge < -0.3 is 16.4 Å². The van der Waals surface area contributed by atoms with Crippen molar-refractivity contribution in [2.24, 2.45) is 28.9 Å². The summed E-state index contributed by atoms with van der Waals surface area (Å²) in [5.41, 5.74) is 5.48. The van der Waals surface area contributed by atoms with Gasteiger partial charge in [-0.2, -0.15) is 0 Å². The van der Waals surface area contributed by atoms with Gasteiger partial charge in [0, 0.05) is 23.7 Å². The van der Waals surface area contributed by atoms with Gasteiger partial charge in [-0.3, -0.25) is 4.79 Å². The number of nitrogens with one attached hydrogen (secondary N) is 2. The van der Waals surface area contributed by atoms with Gasteiger partial charge in [0.25, 0.3) is 12.3 Å². The Kier molecular flexibility index (Phi) is 5.66. The molecule has 140 valence electrons. The zero-order chi connectivity index (χ0) is 18.9. The average Bonchev–Trinajstić information content (AvgIpc) is 2.77. The van der Waals surface area contributed by atoms with Gasteiger partial charge in [0.05, 0.1) is 5.57 Å². The maximum atomic E-state index is 14.4. The molecule has 4 atom stereocenters. The van der Waals surface area contributed by atoms with E-state index in [4.69, 9.17) is 5.73 Å². The van der Waals surface area contributed by atoms with Crippen LogP contribution in [0.15, 0.2) is 35.4 Å². The second kappa shape index (κ2) is 7.23. The number of allylic oxidation sites excluding steroid dienone is 4. The summed E-state index contributed by atoms with van der Waals surface area (Å²) < 4.78 is 40.6. The number of amides is 1. The van der Waals surface area contributed by atoms with E-state index in [0.29, 0.717) is 5.70 Å². The maximum absolute atomic E-state index is 14.4. The lowest BCUT2D eigenvalue weighted by Gasteiger charge is -2.33. The van der Waals surface area contributed by atoms with Crippen LogP contribution in [-0.4, -0.2) is 25.4 Å². The number of rotatable bonds is 5. The van der Waals surface area contributed by atoms with Gasteiger partial charge in [0.15, 0.2) is 0 Å². The Bertz CT molecular complexity index is 625. The number of hydrogen-bond donors (Lipinski definition) is 3. The Labute approximate surface area is 146 Å². The number of nitrogens with two attached hydrogens (primary N) is 1. The van der Waals surface area contributed by atoms with Crippen LogP contribution in [0.2, 0.25) is 0 Å². The van der Waals surface area contributed by atoms with Gasteiger partial charge in [-0.05, 0) is 37.0 Å². The van der Waals surface area contributed by atoms with Gasteiger partial charge in [-0.1, -0.05) is 20.8 Å². The molecule has 0 saturated heterocycles. The summed E-state index contributed by atoms with van der Waals surface area (Å²) in [6.45, 7) is 6.02. The van der Waals surface area contributed by atoms with E-state index in [1.807, 2.05) is 20.8 Å². The number of likely N-dealkylation sites (N-methyl/N-ethyl adjacent to an activating group) is 1. The number of alkyl halides is 2. The molecule has 25 heavy (non-hydrogen) atoms. The van der Waals surface area contributed by atoms with Crippen molar-refractivity contribution in [3.8, 4) is 0 Å². The topological polar surface area (TPSA) is 67.1 Å². The minimum absolute atomic E-state index is 0.159. The van der Waals surface area contributed by atoms with Gasteiger partial charge in [0.2, 0.25) is 0 Å². The first-order valence-electron chi connectivity index (χ1n) is 8.39. The maximum Gasteiger partial charge on any atom is 0.258 e. The molecule has 0 spiro atoms. The van der Waals surface area contributed by atoms with Crippen molar-refractivity contribution in [2.45, 2.75) is 39.7 Å². The van der Waals surface area contributed by atoms with Crippen LogP contribution in [0.4, 0.5) is 13.2 Å². The van der Waals surface area contributed by atoms with Crippen LogP contribution < -0.4 is 16.4 Å². The summed E-state index contributed by atoms with van der Waals surface area (Å²) >= 11 is 0. The lowest BCUT2D eigenvalue weighted by molar-refractivity contribution is -0.117. The third-order valence-corrected chi connectivity index (χ3v) is 5.34. The first kappa shape index (κ1) is 19.6. The number of carbonyl (C=O) groups is 1. The van der Waals surface area contributed by atoms with E-state index < -0.39 is 18.4 Å². The van der Waals surface area contributed by atoms with Crippen molar-refractivity contribution in [3.05, 3.63) is 35.4 Å². The molecule has 1 amide bonds. The molecular formula is C18H26F3N3O. The molecule has 0 aromatic carbocycles. The highest BCUT2D eigenvalue weighted by molar-refractivity contribution is 5.95. The molecule has 0 aromatic rings. The standard InChI is InChI=1S/C18H26F3N3O/c1-9-7-18(2,3)14-11(19)5-6-12(13(9)14)24-17(25)10(8-22)15(23-4)16(20)21/h5-6,8-9,13-16,23H,7,22H2,1-4H3,(H,24,25)/b10-8+. The fourth-order valence-electron chi connectivity index (χ4n) is 4.38. The highest BCUT2D eigenvalue weighted by atomic mass is 19.3. The Morgan fingerprint density at radius 3 is 2.56 bits per heavy atom. The van der Waals surface area contributed by atoms with Crippen LogP contribution >= 0.6 is 0 Å². The van der Waals surface area contributed by atoms with Crippen LogP contribution in [0, 0.1) is 23.2 Å². The predicted molar refractivity (Wildman–Crippen MR) is 91.1 cm³/mol. The second-order valence-electron chi connectivity index (χ2n) is 7.52. The van der Waals surface area contributed by atoms with Crippen LogP contribution in [0.5, 0.6) is 0 Å². The number of halogens is 3. The summed E-state index contributed by atoms with van der Waals surface area (Å²) in [6, 6.07) is -1.46. The van der Waals surface area contributed by atoms with E-state index in [-0.39, 0.29) is 34.6 Å². The summed E-state index contributed by atoms with van der Waals surface area (Å²) in [4.78, 5) is 12.5. The minimum atomic E-state index is -2.78.